The van der Waals surface area contributed by atoms with E-state index in [-0.39, 0.29) is 30.5 Å². The van der Waals surface area contributed by atoms with Gasteiger partial charge in [-0.05, 0) is 43.6 Å². The van der Waals surface area contributed by atoms with E-state index in [1.54, 1.807) is 0 Å². The van der Waals surface area contributed by atoms with E-state index in [2.05, 4.69) is 0 Å². The molecule has 3 rings (SSSR count). The Hall–Kier alpha value is -1.56. The Morgan fingerprint density at radius 2 is 1.75 bits per heavy atom. The van der Waals surface area contributed by atoms with Gasteiger partial charge in [-0.1, -0.05) is 30.3 Å². The minimum atomic E-state index is -4.81. The van der Waals surface area contributed by atoms with Crippen molar-refractivity contribution in [3.63, 3.8) is 0 Å². The van der Waals surface area contributed by atoms with Crippen molar-refractivity contribution in [3.8, 4) is 0 Å². The summed E-state index contributed by atoms with van der Waals surface area (Å²) in [6, 6.07) is 9.28. The van der Waals surface area contributed by atoms with Crippen LogP contribution in [-0.4, -0.2) is 35.6 Å². The zero-order valence-electron chi connectivity index (χ0n) is 13.5. The minimum Gasteiger partial charge on any atom is -0.331 e. The molecular weight excluding hydrogens is 317 g/mol. The lowest BCUT2D eigenvalue weighted by Gasteiger charge is -2.32. The van der Waals surface area contributed by atoms with Gasteiger partial charge in [-0.3, -0.25) is 4.79 Å². The molecule has 2 N–H and O–H groups in total. The number of alkyl halides is 3. The Kier molecular flexibility index (Phi) is 4.85. The molecule has 2 fully saturated rings. The number of carbonyl (C=O) groups excluding carboxylic acids is 1. The second-order valence-electron chi connectivity index (χ2n) is 7.06. The molecule has 6 heteroatoms. The van der Waals surface area contributed by atoms with Gasteiger partial charge >= 0.3 is 12.1 Å². The van der Waals surface area contributed by atoms with Crippen LogP contribution in [0.25, 0.3) is 0 Å². The smallest absolute Gasteiger partial charge is 0.331 e. The number of nitrogens with zero attached hydrogens (tertiary/aromatic N) is 1. The van der Waals surface area contributed by atoms with Gasteiger partial charge in [0, 0.05) is 24.5 Å². The van der Waals surface area contributed by atoms with Gasteiger partial charge in [0.15, 0.2) is 0 Å². The number of nitrogens with two attached hydrogens (primary N) is 1. The second kappa shape index (κ2) is 6.75. The van der Waals surface area contributed by atoms with Crippen molar-refractivity contribution < 1.29 is 18.0 Å². The molecule has 1 aromatic carbocycles. The summed E-state index contributed by atoms with van der Waals surface area (Å²) in [6.45, 7) is 0.194. The molecule has 2 aliphatic carbocycles. The lowest BCUT2D eigenvalue weighted by Crippen LogP contribution is -2.46. The third-order valence-electron chi connectivity index (χ3n) is 5.23. The van der Waals surface area contributed by atoms with Crippen LogP contribution in [0.4, 0.5) is 13.2 Å². The van der Waals surface area contributed by atoms with E-state index < -0.39 is 12.1 Å². The molecule has 0 aromatic heterocycles. The maximum atomic E-state index is 13.0. The van der Waals surface area contributed by atoms with E-state index in [0.29, 0.717) is 6.42 Å². The van der Waals surface area contributed by atoms with Crippen molar-refractivity contribution >= 4 is 5.91 Å². The maximum absolute atomic E-state index is 13.0. The molecule has 132 valence electrons. The van der Waals surface area contributed by atoms with Crippen LogP contribution in [0.5, 0.6) is 0 Å². The van der Waals surface area contributed by atoms with Crippen LogP contribution in [-0.2, 0) is 4.79 Å². The topological polar surface area (TPSA) is 46.3 Å². The summed E-state index contributed by atoms with van der Waals surface area (Å²) in [6.07, 6.45) is -0.957. The van der Waals surface area contributed by atoms with Crippen LogP contribution in [0, 0.1) is 5.92 Å². The average molecular weight is 340 g/mol. The predicted molar refractivity (Wildman–Crippen MR) is 85.3 cm³/mol. The molecule has 0 radical (unpaired) electrons. The molecule has 0 saturated heterocycles. The molecule has 2 unspecified atom stereocenters. The summed E-state index contributed by atoms with van der Waals surface area (Å²) >= 11 is 0. The number of benzene rings is 1. The van der Waals surface area contributed by atoms with Gasteiger partial charge in [0.25, 0.3) is 0 Å². The molecule has 1 amide bonds. The van der Waals surface area contributed by atoms with Gasteiger partial charge in [-0.2, -0.15) is 13.2 Å². The van der Waals surface area contributed by atoms with Crippen molar-refractivity contribution in [3.05, 3.63) is 35.9 Å². The van der Waals surface area contributed by atoms with E-state index in [1.165, 1.54) is 0 Å². The second-order valence-corrected chi connectivity index (χ2v) is 7.06. The molecule has 1 aromatic rings. The highest BCUT2D eigenvalue weighted by Gasteiger charge is 2.52. The molecule has 0 heterocycles. The van der Waals surface area contributed by atoms with E-state index in [9.17, 15) is 18.0 Å². The Balaban J connectivity index is 1.70. The molecular formula is C18H23F3N2O. The first-order chi connectivity index (χ1) is 11.4. The molecule has 3 nitrogen and oxygen atoms in total. The van der Waals surface area contributed by atoms with Crippen molar-refractivity contribution in [1.82, 2.24) is 4.90 Å². The van der Waals surface area contributed by atoms with E-state index in [4.69, 9.17) is 5.73 Å². The van der Waals surface area contributed by atoms with E-state index >= 15 is 0 Å². The molecule has 2 saturated carbocycles. The number of amides is 1. The van der Waals surface area contributed by atoms with Crippen molar-refractivity contribution in [1.29, 1.82) is 0 Å². The maximum Gasteiger partial charge on any atom is 0.471 e. The lowest BCUT2D eigenvalue weighted by molar-refractivity contribution is -0.187. The summed E-state index contributed by atoms with van der Waals surface area (Å²) in [5.74, 6) is -1.56. The first kappa shape index (κ1) is 17.3. The normalized spacial score (nSPS) is 30.0. The summed E-state index contributed by atoms with van der Waals surface area (Å²) in [7, 11) is 0. The fourth-order valence-corrected chi connectivity index (χ4v) is 3.77. The molecule has 2 aliphatic rings. The molecule has 0 spiro atoms. The quantitative estimate of drug-likeness (QED) is 0.912. The van der Waals surface area contributed by atoms with Gasteiger partial charge in [0.05, 0.1) is 0 Å². The van der Waals surface area contributed by atoms with Gasteiger partial charge in [-0.15, -0.1) is 0 Å². The highest BCUT2D eigenvalue weighted by Crippen LogP contribution is 2.46. The fraction of sp³-hybridized carbons (Fsp3) is 0.611. The Labute approximate surface area is 140 Å². The molecule has 2 atom stereocenters. The first-order valence-electron chi connectivity index (χ1n) is 8.54. The van der Waals surface area contributed by atoms with Gasteiger partial charge < -0.3 is 10.6 Å². The summed E-state index contributed by atoms with van der Waals surface area (Å²) in [4.78, 5) is 13.0. The van der Waals surface area contributed by atoms with E-state index in [0.717, 1.165) is 36.1 Å². The highest BCUT2D eigenvalue weighted by molar-refractivity contribution is 5.82. The fourth-order valence-electron chi connectivity index (χ4n) is 3.77. The standard InChI is InChI=1S/C18H23F3N2O/c19-18(20,21)17(24)23(11-12-6-8-14(22)9-7-12)16-10-15(16)13-4-2-1-3-5-13/h1-5,12,14-16H,6-11,22H2/t12-,14-,15?,16?. The molecule has 24 heavy (non-hydrogen) atoms. The van der Waals surface area contributed by atoms with Gasteiger partial charge in [0.2, 0.25) is 0 Å². The summed E-state index contributed by atoms with van der Waals surface area (Å²) in [5.41, 5.74) is 6.87. The number of hydrogen-bond donors (Lipinski definition) is 1. The molecule has 0 bridgehead atoms. The highest BCUT2D eigenvalue weighted by atomic mass is 19.4. The van der Waals surface area contributed by atoms with Crippen LogP contribution in [0.2, 0.25) is 0 Å². The van der Waals surface area contributed by atoms with Crippen molar-refractivity contribution in [2.75, 3.05) is 6.54 Å². The van der Waals surface area contributed by atoms with Crippen LogP contribution >= 0.6 is 0 Å². The van der Waals surface area contributed by atoms with Crippen LogP contribution in [0.15, 0.2) is 30.3 Å². The summed E-state index contributed by atoms with van der Waals surface area (Å²) < 4.78 is 39.1. The van der Waals surface area contributed by atoms with Crippen LogP contribution in [0.1, 0.15) is 43.6 Å². The van der Waals surface area contributed by atoms with Crippen molar-refractivity contribution in [2.45, 2.75) is 56.3 Å². The Bertz CT molecular complexity index is 567. The van der Waals surface area contributed by atoms with E-state index in [1.807, 2.05) is 30.3 Å². The van der Waals surface area contributed by atoms with Crippen molar-refractivity contribution in [2.24, 2.45) is 11.7 Å². The van der Waals surface area contributed by atoms with Crippen LogP contribution in [0.3, 0.4) is 0 Å². The minimum absolute atomic E-state index is 0.0170. The number of carbonyl (C=O) groups is 1. The Morgan fingerprint density at radius 1 is 1.12 bits per heavy atom. The van der Waals surface area contributed by atoms with Crippen LogP contribution < -0.4 is 5.73 Å². The number of halogens is 3. The predicted octanol–water partition coefficient (Wildman–Crippen LogP) is 3.45. The SMILES string of the molecule is N[C@H]1CC[C@H](CN(C(=O)C(F)(F)F)C2CC2c2ccccc2)CC1. The van der Waals surface area contributed by atoms with Gasteiger partial charge in [-0.25, -0.2) is 0 Å². The average Bonchev–Trinajstić information content (AvgIpc) is 3.34. The third kappa shape index (κ3) is 3.91. The summed E-state index contributed by atoms with van der Waals surface area (Å²) in [5, 5.41) is 0. The Morgan fingerprint density at radius 3 is 2.33 bits per heavy atom. The number of rotatable bonds is 4. The lowest BCUT2D eigenvalue weighted by atomic mass is 9.86. The van der Waals surface area contributed by atoms with Gasteiger partial charge in [0.1, 0.15) is 0 Å². The zero-order chi connectivity index (χ0) is 17.3. The first-order valence-corrected chi connectivity index (χ1v) is 8.54. The monoisotopic (exact) mass is 340 g/mol. The third-order valence-corrected chi connectivity index (χ3v) is 5.23. The largest absolute Gasteiger partial charge is 0.471 e. The zero-order valence-corrected chi connectivity index (χ0v) is 13.5. The number of hydrogen-bond acceptors (Lipinski definition) is 2. The molecule has 0 aliphatic heterocycles.